The van der Waals surface area contributed by atoms with Crippen molar-refractivity contribution in [3.05, 3.63) is 194 Å². The van der Waals surface area contributed by atoms with Gasteiger partial charge in [-0.2, -0.15) is 0 Å². The average molecular weight is 932 g/mol. The summed E-state index contributed by atoms with van der Waals surface area (Å²) in [6, 6.07) is 32.7. The Morgan fingerprint density at radius 2 is 1.04 bits per heavy atom. The van der Waals surface area contributed by atoms with E-state index in [0.29, 0.717) is 47.1 Å². The zero-order valence-corrected chi connectivity index (χ0v) is 39.7. The van der Waals surface area contributed by atoms with Crippen LogP contribution in [0.2, 0.25) is 0 Å². The highest BCUT2D eigenvalue weighted by atomic mass is 16.7. The molecule has 0 N–H and O–H groups in total. The van der Waals surface area contributed by atoms with Gasteiger partial charge in [0.05, 0.1) is 32.8 Å². The van der Waals surface area contributed by atoms with Crippen LogP contribution in [0.3, 0.4) is 0 Å². The molecular formula is C54H53N5O10. The minimum atomic E-state index is -0.881. The molecule has 0 aliphatic heterocycles. The largest absolute Gasteiger partial charge is 0.365 e. The van der Waals surface area contributed by atoms with Crippen LogP contribution >= 0.6 is 0 Å². The summed E-state index contributed by atoms with van der Waals surface area (Å²) < 4.78 is 0. The van der Waals surface area contributed by atoms with Gasteiger partial charge in [-0.3, -0.25) is 10.1 Å². The van der Waals surface area contributed by atoms with Crippen molar-refractivity contribution in [3.63, 3.8) is 0 Å². The lowest BCUT2D eigenvalue weighted by atomic mass is 9.73. The highest BCUT2D eigenvalue weighted by Gasteiger charge is 2.45. The van der Waals surface area contributed by atoms with Gasteiger partial charge in [-0.15, -0.1) is 0 Å². The Morgan fingerprint density at radius 3 is 1.49 bits per heavy atom. The molecule has 6 rings (SSSR count). The van der Waals surface area contributed by atoms with Gasteiger partial charge in [0, 0.05) is 22.6 Å². The standard InChI is InChI=1S/C52H47N5O10.C2H6/c1-7-11-21-35(8-2)48(58)64-53-33(5)46(55-66-50(60)37-24-17-13-18-25-37)39-28-29-41-42(30-39)52(9-3,10-4)43-31-40(32-44(45(41)43)57(62)63)47(56-67-51(61)38-26-19-14-20-27-38)34(6)54-65-49(59)36-22-15-12-16-23-36;1-2/h8,11-32H,7,9-10H2,1-6H3;1-2H3/b21-11-,35-8+,53-33+,54-34+,55-46+,56-47+;. The molecule has 69 heavy (non-hydrogen) atoms. The summed E-state index contributed by atoms with van der Waals surface area (Å²) in [4.78, 5) is 86.4. The molecule has 0 amide bonds. The number of hydrogen-bond donors (Lipinski definition) is 0. The van der Waals surface area contributed by atoms with Crippen molar-refractivity contribution in [1.82, 2.24) is 0 Å². The molecule has 5 aromatic carbocycles. The molecule has 0 radical (unpaired) electrons. The first-order chi connectivity index (χ1) is 33.4. The van der Waals surface area contributed by atoms with Crippen molar-refractivity contribution >= 4 is 52.4 Å². The van der Waals surface area contributed by atoms with Crippen molar-refractivity contribution in [2.24, 2.45) is 20.6 Å². The quantitative estimate of drug-likeness (QED) is 0.0216. The lowest BCUT2D eigenvalue weighted by molar-refractivity contribution is -0.384. The molecule has 1 aliphatic rings. The van der Waals surface area contributed by atoms with Gasteiger partial charge in [0.15, 0.2) is 0 Å². The summed E-state index contributed by atoms with van der Waals surface area (Å²) in [7, 11) is 0. The summed E-state index contributed by atoms with van der Waals surface area (Å²) in [6.07, 6.45) is 6.61. The van der Waals surface area contributed by atoms with Gasteiger partial charge in [0.2, 0.25) is 0 Å². The van der Waals surface area contributed by atoms with E-state index in [2.05, 4.69) is 20.6 Å². The van der Waals surface area contributed by atoms with Gasteiger partial charge in [-0.1, -0.05) is 140 Å². The molecule has 0 bridgehead atoms. The lowest BCUT2D eigenvalue weighted by Gasteiger charge is -2.30. The summed E-state index contributed by atoms with van der Waals surface area (Å²) in [5.74, 6) is -3.05. The Bertz CT molecular complexity index is 2880. The predicted molar refractivity (Wildman–Crippen MR) is 265 cm³/mol. The maximum absolute atomic E-state index is 13.2. The number of nitro benzene ring substituents is 1. The van der Waals surface area contributed by atoms with Crippen LogP contribution in [0, 0.1) is 10.1 Å². The number of rotatable bonds is 17. The number of nitrogens with zero attached hydrogens (tertiary/aromatic N) is 5. The molecule has 0 saturated heterocycles. The number of allylic oxidation sites excluding steroid dienone is 2. The van der Waals surface area contributed by atoms with E-state index in [0.717, 1.165) is 0 Å². The first-order valence-electron chi connectivity index (χ1n) is 22.4. The number of carbonyl (C=O) groups excluding carboxylic acids is 4. The first-order valence-corrected chi connectivity index (χ1v) is 22.4. The van der Waals surface area contributed by atoms with Gasteiger partial charge in [0.1, 0.15) is 22.8 Å². The Balaban J connectivity index is 0.00000438. The Hall–Kier alpha value is -8.46. The molecule has 0 atom stereocenters. The average Bonchev–Trinajstić information content (AvgIpc) is 3.67. The highest BCUT2D eigenvalue weighted by Crippen LogP contribution is 2.56. The summed E-state index contributed by atoms with van der Waals surface area (Å²) in [6.45, 7) is 14.5. The Kier molecular flexibility index (Phi) is 18.2. The normalized spacial score (nSPS) is 13.4. The minimum Gasteiger partial charge on any atom is -0.312 e. The van der Waals surface area contributed by atoms with E-state index in [4.69, 9.17) is 19.4 Å². The topological polar surface area (TPSA) is 198 Å². The second kappa shape index (κ2) is 24.3. The van der Waals surface area contributed by atoms with Gasteiger partial charge in [-0.05, 0) is 105 Å². The van der Waals surface area contributed by atoms with Crippen molar-refractivity contribution in [1.29, 1.82) is 0 Å². The van der Waals surface area contributed by atoms with Crippen molar-refractivity contribution in [3.8, 4) is 11.1 Å². The van der Waals surface area contributed by atoms with E-state index in [9.17, 15) is 29.3 Å². The fourth-order valence-corrected chi connectivity index (χ4v) is 7.63. The molecule has 0 unspecified atom stereocenters. The maximum Gasteiger partial charge on any atom is 0.365 e. The molecule has 15 heteroatoms. The third-order valence-electron chi connectivity index (χ3n) is 11.2. The van der Waals surface area contributed by atoms with Gasteiger partial charge >= 0.3 is 23.9 Å². The molecule has 0 heterocycles. The van der Waals surface area contributed by atoms with Crippen LogP contribution < -0.4 is 0 Å². The third-order valence-corrected chi connectivity index (χ3v) is 11.2. The summed E-state index contributed by atoms with van der Waals surface area (Å²) in [5, 5.41) is 29.7. The third kappa shape index (κ3) is 11.9. The van der Waals surface area contributed by atoms with Crippen LogP contribution in [0.15, 0.2) is 166 Å². The van der Waals surface area contributed by atoms with E-state index in [1.165, 1.54) is 32.0 Å². The molecule has 0 saturated carbocycles. The zero-order valence-electron chi connectivity index (χ0n) is 39.7. The Morgan fingerprint density at radius 1 is 0.594 bits per heavy atom. The van der Waals surface area contributed by atoms with Crippen LogP contribution in [0.25, 0.3) is 11.1 Å². The van der Waals surface area contributed by atoms with E-state index < -0.39 is 34.2 Å². The monoisotopic (exact) mass is 931 g/mol. The highest BCUT2D eigenvalue weighted by molar-refractivity contribution is 6.48. The molecule has 0 aromatic heterocycles. The number of hydrogen-bond acceptors (Lipinski definition) is 14. The molecule has 15 nitrogen and oxygen atoms in total. The van der Waals surface area contributed by atoms with Crippen molar-refractivity contribution in [2.45, 2.75) is 80.1 Å². The molecule has 0 spiro atoms. The Labute approximate surface area is 400 Å². The molecule has 0 fully saturated rings. The smallest absolute Gasteiger partial charge is 0.312 e. The van der Waals surface area contributed by atoms with E-state index in [1.807, 2.05) is 34.6 Å². The van der Waals surface area contributed by atoms with E-state index >= 15 is 0 Å². The minimum absolute atomic E-state index is 0.0277. The van der Waals surface area contributed by atoms with Crippen LogP contribution in [0.4, 0.5) is 5.69 Å². The van der Waals surface area contributed by atoms with Crippen LogP contribution in [0.1, 0.15) is 128 Å². The van der Waals surface area contributed by atoms with Gasteiger partial charge in [0.25, 0.3) is 5.69 Å². The number of benzene rings is 5. The first kappa shape index (κ1) is 51.5. The number of oxime groups is 4. The number of carbonyl (C=O) groups is 4. The second-order valence-electron chi connectivity index (χ2n) is 15.1. The molecule has 354 valence electrons. The zero-order chi connectivity index (χ0) is 50.1. The SMILES string of the molecule is C/C=C(\C=C/CC)C(=O)O/N=C(C)/C(=N\OC(=O)c1ccccc1)c1ccc2c(c1)C(CC)(CC)c1cc(C(=N/OC(=O)c3ccccc3)/C(C)=N/OC(=O)c3ccccc3)cc([N+](=O)[O-])c1-2.CC. The molecular weight excluding hydrogens is 879 g/mol. The van der Waals surface area contributed by atoms with Gasteiger partial charge < -0.3 is 19.4 Å². The summed E-state index contributed by atoms with van der Waals surface area (Å²) >= 11 is 0. The van der Waals surface area contributed by atoms with Crippen LogP contribution in [-0.4, -0.2) is 51.6 Å². The molecule has 1 aliphatic carbocycles. The summed E-state index contributed by atoms with van der Waals surface area (Å²) in [5.41, 5.74) is 2.46. The van der Waals surface area contributed by atoms with Crippen LogP contribution in [-0.2, 0) is 29.6 Å². The van der Waals surface area contributed by atoms with E-state index in [1.54, 1.807) is 128 Å². The fraction of sp³-hybridized carbons (Fsp3) is 0.222. The maximum atomic E-state index is 13.2. The number of fused-ring (bicyclic) bond motifs is 3. The van der Waals surface area contributed by atoms with Crippen LogP contribution in [0.5, 0.6) is 0 Å². The second-order valence-corrected chi connectivity index (χ2v) is 15.1. The predicted octanol–water partition coefficient (Wildman–Crippen LogP) is 11.9. The fourth-order valence-electron chi connectivity index (χ4n) is 7.63. The lowest BCUT2D eigenvalue weighted by Crippen LogP contribution is -2.25. The molecule has 5 aromatic rings. The number of nitro groups is 1. The van der Waals surface area contributed by atoms with Gasteiger partial charge in [-0.25, -0.2) is 19.2 Å². The van der Waals surface area contributed by atoms with Crippen molar-refractivity contribution < 1.29 is 43.5 Å². The van der Waals surface area contributed by atoms with E-state index in [-0.39, 0.29) is 56.4 Å². The van der Waals surface area contributed by atoms with Crippen molar-refractivity contribution in [2.75, 3.05) is 0 Å².